The monoisotopic (exact) mass is 465 g/mol. The van der Waals surface area contributed by atoms with Crippen LogP contribution in [0, 0.1) is 37.0 Å². The maximum Gasteiger partial charge on any atom is -0.0878 e. The van der Waals surface area contributed by atoms with Gasteiger partial charge >= 0.3 is 50.5 Å². The van der Waals surface area contributed by atoms with Gasteiger partial charge in [0.15, 0.2) is 0 Å². The summed E-state index contributed by atoms with van der Waals surface area (Å²) >= 11 is 1.15. The zero-order valence-corrected chi connectivity index (χ0v) is 20.2. The van der Waals surface area contributed by atoms with Crippen molar-refractivity contribution >= 4 is 0 Å². The molecule has 0 atom stereocenters. The molecule has 0 bridgehead atoms. The first-order chi connectivity index (χ1) is 8.56. The van der Waals surface area contributed by atoms with E-state index in [2.05, 4.69) is 107 Å². The third kappa shape index (κ3) is 563. The zero-order valence-electron chi connectivity index (χ0n) is 17.0. The predicted octanol–water partition coefficient (Wildman–Crippen LogP) is 7.12. The van der Waals surface area contributed by atoms with Crippen molar-refractivity contribution in [1.29, 1.82) is 0 Å². The van der Waals surface area contributed by atoms with Gasteiger partial charge in [0.25, 0.3) is 0 Å². The maximum absolute atomic E-state index is 4.13. The molecule has 2 heteroatoms. The average Bonchev–Trinajstić information content (AvgIpc) is 1.91. The van der Waals surface area contributed by atoms with Gasteiger partial charge in [-0.3, -0.25) is 0 Å². The maximum atomic E-state index is 4.13. The normalized spacial score (nSPS) is 11.7. The summed E-state index contributed by atoms with van der Waals surface area (Å²) in [5.74, 6) is 0. The minimum Gasteiger partial charge on any atom is -0.338 e. The van der Waals surface area contributed by atoms with Gasteiger partial charge in [0.05, 0.1) is 0 Å². The van der Waals surface area contributed by atoms with E-state index in [0.717, 1.165) is 20.9 Å². The molecule has 0 heterocycles. The first-order valence-corrected chi connectivity index (χ1v) is 8.92. The summed E-state index contributed by atoms with van der Waals surface area (Å²) in [6.45, 7) is 36.3. The van der Waals surface area contributed by atoms with Crippen LogP contribution in [0.15, 0.2) is 3.34 Å². The Morgan fingerprint density at radius 2 is 0.571 bits per heavy atom. The Morgan fingerprint density at radius 1 is 0.524 bits per heavy atom. The quantitative estimate of drug-likeness (QED) is 0.338. The minimum absolute atomic E-state index is 0.216. The van der Waals surface area contributed by atoms with Gasteiger partial charge in [-0.05, 0) is 0 Å². The van der Waals surface area contributed by atoms with Gasteiger partial charge in [-0.25, -0.2) is 0 Å². The van der Waals surface area contributed by atoms with Crippen molar-refractivity contribution in [2.24, 2.45) is 19.6 Å². The molecule has 0 unspecified atom stereocenters. The van der Waals surface area contributed by atoms with Gasteiger partial charge in [0.1, 0.15) is 0 Å². The Balaban J connectivity index is -0.0000000921. The van der Waals surface area contributed by atoms with E-state index in [0.29, 0.717) is 0 Å². The minimum atomic E-state index is 0.216. The topological polar surface area (TPSA) is 12.4 Å². The van der Waals surface area contributed by atoms with Crippen molar-refractivity contribution in [3.8, 4) is 0 Å². The largest absolute Gasteiger partial charge is 0.338 e. The Hall–Kier alpha value is 0.540. The van der Waals surface area contributed by atoms with Crippen molar-refractivity contribution in [1.82, 2.24) is 0 Å². The van der Waals surface area contributed by atoms with Gasteiger partial charge < -0.3 is 20.8 Å². The van der Waals surface area contributed by atoms with E-state index in [-0.39, 0.29) is 21.8 Å². The second-order valence-electron chi connectivity index (χ2n) is 9.95. The Bertz CT molecular complexity index is 182. The second kappa shape index (κ2) is 12.0. The van der Waals surface area contributed by atoms with Gasteiger partial charge in [0, 0.05) is 0 Å². The van der Waals surface area contributed by atoms with Crippen LogP contribution in [0.4, 0.5) is 0 Å². The fourth-order valence-electron chi connectivity index (χ4n) is 0. The number of nitrogens with zero attached hydrogens (tertiary/aromatic N) is 1. The van der Waals surface area contributed by atoms with Crippen molar-refractivity contribution < 1.29 is 20.9 Å². The van der Waals surface area contributed by atoms with Crippen molar-refractivity contribution in [3.63, 3.8) is 0 Å². The van der Waals surface area contributed by atoms with Crippen molar-refractivity contribution in [3.05, 3.63) is 20.8 Å². The molecule has 0 aromatic carbocycles. The molecule has 0 aromatic rings. The van der Waals surface area contributed by atoms with Crippen LogP contribution >= 0.6 is 0 Å². The van der Waals surface area contributed by atoms with E-state index < -0.39 is 0 Å². The standard InChI is InChI=1S/3C5H11.C4H9N.Ta/c3*1-5(2,3)4;1-4(2,3)5;/h3*1H2,2-4H3;1-3H3;/q3*-1;;. The average molecular weight is 466 g/mol. The van der Waals surface area contributed by atoms with Crippen LogP contribution in [0.25, 0.3) is 0 Å². The molecule has 0 aliphatic heterocycles. The van der Waals surface area contributed by atoms with Crippen LogP contribution < -0.4 is 0 Å². The van der Waals surface area contributed by atoms with E-state index in [1.807, 2.05) is 0 Å². The molecule has 21 heavy (non-hydrogen) atoms. The van der Waals surface area contributed by atoms with Crippen LogP contribution in [-0.4, -0.2) is 5.54 Å². The summed E-state index contributed by atoms with van der Waals surface area (Å²) in [4.78, 5) is 0. The smallest absolute Gasteiger partial charge is 0.0878 e. The molecule has 0 aliphatic rings. The molecule has 0 rings (SSSR count). The molecule has 0 saturated carbocycles. The van der Waals surface area contributed by atoms with Crippen molar-refractivity contribution in [2.75, 3.05) is 0 Å². The van der Waals surface area contributed by atoms with Crippen LogP contribution in [-0.2, 0) is 20.9 Å². The van der Waals surface area contributed by atoms with Gasteiger partial charge in [0.2, 0.25) is 0 Å². The second-order valence-corrected chi connectivity index (χ2v) is 10.7. The third-order valence-electron chi connectivity index (χ3n) is 0.300. The van der Waals surface area contributed by atoms with Crippen LogP contribution in [0.1, 0.15) is 83.1 Å². The molecule has 0 aromatic heterocycles. The third-order valence-corrected chi connectivity index (χ3v) is 2.46. The molecule has 0 saturated heterocycles. The summed E-state index contributed by atoms with van der Waals surface area (Å²) in [6, 6.07) is 0. The molecular weight excluding hydrogens is 423 g/mol. The van der Waals surface area contributed by atoms with Gasteiger partial charge in [-0.15, -0.1) is 0 Å². The summed E-state index contributed by atoms with van der Waals surface area (Å²) in [7, 11) is 0. The summed E-state index contributed by atoms with van der Waals surface area (Å²) in [5, 5.41) is 0. The molecule has 0 radical (unpaired) electrons. The van der Waals surface area contributed by atoms with Crippen LogP contribution in [0.5, 0.6) is 0 Å². The first-order valence-electron chi connectivity index (χ1n) is 7.48. The van der Waals surface area contributed by atoms with E-state index in [1.54, 1.807) is 0 Å². The molecule has 0 fully saturated rings. The SMILES string of the molecule is CC(C)(C)[N]=[Ta].[CH2-]C(C)(C)C.[CH2-]C(C)(C)C.[CH2-]C(C)(C)C. The summed E-state index contributed by atoms with van der Waals surface area (Å²) in [5.41, 5.74) is 0.966. The van der Waals surface area contributed by atoms with E-state index >= 15 is 0 Å². The zero-order chi connectivity index (χ0) is 18.7. The number of hydrogen-bond acceptors (Lipinski definition) is 1. The Morgan fingerprint density at radius 3 is 0.571 bits per heavy atom. The molecule has 0 amide bonds. The first kappa shape index (κ1) is 29.5. The van der Waals surface area contributed by atoms with Crippen LogP contribution in [0.3, 0.4) is 0 Å². The molecule has 0 spiro atoms. The fraction of sp³-hybridized carbons (Fsp3) is 0.842. The van der Waals surface area contributed by atoms with Gasteiger partial charge in [-0.1, -0.05) is 62.3 Å². The molecule has 0 aliphatic carbocycles. The molecule has 0 N–H and O–H groups in total. The molecule has 131 valence electrons. The number of hydrogen-bond donors (Lipinski definition) is 0. The van der Waals surface area contributed by atoms with E-state index in [4.69, 9.17) is 0 Å². The Kier molecular flexibility index (Phi) is 16.9. The predicted molar refractivity (Wildman–Crippen MR) is 96.6 cm³/mol. The van der Waals surface area contributed by atoms with Gasteiger partial charge in [-0.2, -0.15) is 16.2 Å². The van der Waals surface area contributed by atoms with E-state index in [9.17, 15) is 0 Å². The van der Waals surface area contributed by atoms with E-state index in [1.165, 1.54) is 0 Å². The fourth-order valence-corrected chi connectivity index (χ4v) is 0. The Labute approximate surface area is 149 Å². The summed E-state index contributed by atoms with van der Waals surface area (Å²) in [6.07, 6.45) is 0. The number of rotatable bonds is 0. The molecule has 1 nitrogen and oxygen atoms in total. The van der Waals surface area contributed by atoms with Crippen molar-refractivity contribution in [2.45, 2.75) is 88.6 Å². The van der Waals surface area contributed by atoms with Crippen LogP contribution in [0.2, 0.25) is 0 Å². The summed E-state index contributed by atoms with van der Waals surface area (Å²) < 4.78 is 4.13. The molecular formula is C19H42NTa-3.